The molecule has 0 saturated heterocycles. The summed E-state index contributed by atoms with van der Waals surface area (Å²) in [5.41, 5.74) is 2.25. The maximum Gasteiger partial charge on any atom is 0.251 e. The summed E-state index contributed by atoms with van der Waals surface area (Å²) in [5, 5.41) is 3.32. The molecule has 0 aromatic heterocycles. The second-order valence-electron chi connectivity index (χ2n) is 4.17. The molecule has 0 bridgehead atoms. The van der Waals surface area contributed by atoms with Crippen LogP contribution in [-0.2, 0) is 4.79 Å². The Hall–Kier alpha value is -2.06. The summed E-state index contributed by atoms with van der Waals surface area (Å²) in [6, 6.07) is 16.9. The van der Waals surface area contributed by atoms with Gasteiger partial charge in [-0.1, -0.05) is 54.1 Å². The molecule has 0 aliphatic carbocycles. The van der Waals surface area contributed by atoms with Gasteiger partial charge in [0.05, 0.1) is 10.7 Å². The first-order valence-corrected chi connectivity index (χ1v) is 6.34. The Bertz CT molecular complexity index is 605. The summed E-state index contributed by atoms with van der Waals surface area (Å²) < 4.78 is 0. The van der Waals surface area contributed by atoms with E-state index in [1.165, 1.54) is 0 Å². The van der Waals surface area contributed by atoms with Crippen LogP contribution in [0.5, 0.6) is 0 Å². The lowest BCUT2D eigenvalue weighted by Crippen LogP contribution is -2.12. The third-order valence-corrected chi connectivity index (χ3v) is 2.99. The average Bonchev–Trinajstić information content (AvgIpc) is 2.42. The third-order valence-electron chi connectivity index (χ3n) is 2.66. The maximum absolute atomic E-state index is 12.0. The number of para-hydroxylation sites is 1. The number of rotatable bonds is 3. The molecule has 0 unspecified atom stereocenters. The Labute approximate surface area is 117 Å². The molecule has 1 N–H and O–H groups in total. The molecule has 0 aliphatic heterocycles. The van der Waals surface area contributed by atoms with E-state index in [1.54, 1.807) is 19.1 Å². The lowest BCUT2D eigenvalue weighted by Gasteiger charge is -2.07. The minimum absolute atomic E-state index is 0.156. The molecule has 0 radical (unpaired) electrons. The lowest BCUT2D eigenvalue weighted by molar-refractivity contribution is -0.112. The van der Waals surface area contributed by atoms with E-state index < -0.39 is 0 Å². The first-order chi connectivity index (χ1) is 9.16. The van der Waals surface area contributed by atoms with Crippen molar-refractivity contribution in [3.05, 3.63) is 70.8 Å². The van der Waals surface area contributed by atoms with Gasteiger partial charge in [0.25, 0.3) is 5.91 Å². The standard InChI is InChI=1S/C16H14ClNO/c1-12(11-13-7-3-2-4-8-13)16(19)18-15-10-6-5-9-14(15)17/h2-11H,1H3,(H,18,19)/b12-11+. The van der Waals surface area contributed by atoms with Crippen LogP contribution < -0.4 is 5.32 Å². The molecule has 2 nitrogen and oxygen atoms in total. The van der Waals surface area contributed by atoms with Gasteiger partial charge in [-0.15, -0.1) is 0 Å². The minimum Gasteiger partial charge on any atom is -0.321 e. The van der Waals surface area contributed by atoms with Gasteiger partial charge >= 0.3 is 0 Å². The topological polar surface area (TPSA) is 29.1 Å². The molecular formula is C16H14ClNO. The number of nitrogens with one attached hydrogen (secondary N) is 1. The predicted octanol–water partition coefficient (Wildman–Crippen LogP) is 4.38. The van der Waals surface area contributed by atoms with E-state index in [1.807, 2.05) is 48.5 Å². The van der Waals surface area contributed by atoms with Crippen molar-refractivity contribution in [3.8, 4) is 0 Å². The summed E-state index contributed by atoms with van der Waals surface area (Å²) in [7, 11) is 0. The molecule has 0 aliphatic rings. The normalized spacial score (nSPS) is 11.2. The number of hydrogen-bond acceptors (Lipinski definition) is 1. The van der Waals surface area contributed by atoms with Gasteiger partial charge in [-0.25, -0.2) is 0 Å². The molecule has 0 saturated carbocycles. The first kappa shape index (κ1) is 13.4. The fraction of sp³-hybridized carbons (Fsp3) is 0.0625. The van der Waals surface area contributed by atoms with Crippen LogP contribution in [0.25, 0.3) is 6.08 Å². The zero-order chi connectivity index (χ0) is 13.7. The van der Waals surface area contributed by atoms with Crippen LogP contribution in [0.15, 0.2) is 60.2 Å². The molecule has 0 fully saturated rings. The molecule has 3 heteroatoms. The third kappa shape index (κ3) is 3.70. The molecule has 1 amide bonds. The molecule has 2 rings (SSSR count). The Morgan fingerprint density at radius 3 is 2.37 bits per heavy atom. The zero-order valence-electron chi connectivity index (χ0n) is 10.6. The van der Waals surface area contributed by atoms with Crippen molar-refractivity contribution in [2.24, 2.45) is 0 Å². The number of carbonyl (C=O) groups is 1. The Morgan fingerprint density at radius 1 is 1.05 bits per heavy atom. The fourth-order valence-corrected chi connectivity index (χ4v) is 1.83. The summed E-state index contributed by atoms with van der Waals surface area (Å²) in [5.74, 6) is -0.156. The number of halogens is 1. The van der Waals surface area contributed by atoms with Gasteiger partial charge in [0.1, 0.15) is 0 Å². The van der Waals surface area contributed by atoms with Gasteiger partial charge in [-0.3, -0.25) is 4.79 Å². The van der Waals surface area contributed by atoms with Crippen LogP contribution in [0.3, 0.4) is 0 Å². The number of anilines is 1. The summed E-state index contributed by atoms with van der Waals surface area (Å²) >= 11 is 6.00. The van der Waals surface area contributed by atoms with Gasteiger partial charge < -0.3 is 5.32 Å². The zero-order valence-corrected chi connectivity index (χ0v) is 11.3. The van der Waals surface area contributed by atoms with Gasteiger partial charge in [-0.2, -0.15) is 0 Å². The van der Waals surface area contributed by atoms with Crippen LogP contribution in [0.4, 0.5) is 5.69 Å². The number of hydrogen-bond donors (Lipinski definition) is 1. The smallest absolute Gasteiger partial charge is 0.251 e. The van der Waals surface area contributed by atoms with Crippen molar-refractivity contribution in [1.82, 2.24) is 0 Å². The molecule has 0 heterocycles. The van der Waals surface area contributed by atoms with Gasteiger partial charge in [0, 0.05) is 5.57 Å². The SMILES string of the molecule is C/C(=C\c1ccccc1)C(=O)Nc1ccccc1Cl. The average molecular weight is 272 g/mol. The Morgan fingerprint density at radius 2 is 1.68 bits per heavy atom. The van der Waals surface area contributed by atoms with Crippen molar-refractivity contribution in [2.75, 3.05) is 5.32 Å². The monoisotopic (exact) mass is 271 g/mol. The minimum atomic E-state index is -0.156. The highest BCUT2D eigenvalue weighted by atomic mass is 35.5. The van der Waals surface area contributed by atoms with Crippen molar-refractivity contribution in [1.29, 1.82) is 0 Å². The highest BCUT2D eigenvalue weighted by Crippen LogP contribution is 2.21. The quantitative estimate of drug-likeness (QED) is 0.825. The second-order valence-corrected chi connectivity index (χ2v) is 4.58. The summed E-state index contributed by atoms with van der Waals surface area (Å²) in [6.07, 6.45) is 1.84. The first-order valence-electron chi connectivity index (χ1n) is 5.96. The molecule has 96 valence electrons. The van der Waals surface area contributed by atoms with E-state index in [-0.39, 0.29) is 5.91 Å². The van der Waals surface area contributed by atoms with Crippen molar-refractivity contribution in [3.63, 3.8) is 0 Å². The van der Waals surface area contributed by atoms with E-state index in [4.69, 9.17) is 11.6 Å². The van der Waals surface area contributed by atoms with Crippen LogP contribution >= 0.6 is 11.6 Å². The predicted molar refractivity (Wildman–Crippen MR) is 80.2 cm³/mol. The van der Waals surface area contributed by atoms with Crippen LogP contribution in [0.1, 0.15) is 12.5 Å². The Kier molecular flexibility index (Phi) is 4.37. The van der Waals surface area contributed by atoms with E-state index in [2.05, 4.69) is 5.32 Å². The van der Waals surface area contributed by atoms with Crippen molar-refractivity contribution < 1.29 is 4.79 Å². The van der Waals surface area contributed by atoms with E-state index in [0.29, 0.717) is 16.3 Å². The second kappa shape index (κ2) is 6.21. The summed E-state index contributed by atoms with van der Waals surface area (Å²) in [6.45, 7) is 1.78. The summed E-state index contributed by atoms with van der Waals surface area (Å²) in [4.78, 5) is 12.0. The molecule has 2 aromatic carbocycles. The lowest BCUT2D eigenvalue weighted by atomic mass is 10.1. The van der Waals surface area contributed by atoms with Gasteiger partial charge in [0.15, 0.2) is 0 Å². The largest absolute Gasteiger partial charge is 0.321 e. The molecule has 0 spiro atoms. The van der Waals surface area contributed by atoms with Crippen LogP contribution in [0.2, 0.25) is 5.02 Å². The maximum atomic E-state index is 12.0. The Balaban J connectivity index is 2.12. The molecule has 2 aromatic rings. The van der Waals surface area contributed by atoms with E-state index >= 15 is 0 Å². The highest BCUT2D eigenvalue weighted by molar-refractivity contribution is 6.33. The highest BCUT2D eigenvalue weighted by Gasteiger charge is 2.06. The molecular weight excluding hydrogens is 258 g/mol. The van der Waals surface area contributed by atoms with Crippen LogP contribution in [-0.4, -0.2) is 5.91 Å². The van der Waals surface area contributed by atoms with Crippen molar-refractivity contribution >= 4 is 29.3 Å². The van der Waals surface area contributed by atoms with Gasteiger partial charge in [-0.05, 0) is 30.7 Å². The molecule has 0 atom stereocenters. The van der Waals surface area contributed by atoms with E-state index in [0.717, 1.165) is 5.56 Å². The number of carbonyl (C=O) groups excluding carboxylic acids is 1. The van der Waals surface area contributed by atoms with Crippen molar-refractivity contribution in [2.45, 2.75) is 6.92 Å². The van der Waals surface area contributed by atoms with Gasteiger partial charge in [0.2, 0.25) is 0 Å². The fourth-order valence-electron chi connectivity index (χ4n) is 1.65. The number of benzene rings is 2. The molecule has 19 heavy (non-hydrogen) atoms. The van der Waals surface area contributed by atoms with Crippen LogP contribution in [0, 0.1) is 0 Å². The number of amides is 1. The van der Waals surface area contributed by atoms with E-state index in [9.17, 15) is 4.79 Å².